The molecule has 1 heterocycles. The molecular weight excluding hydrogens is 330 g/mol. The molecule has 2 rings (SSSR count). The minimum absolute atomic E-state index is 0.0443. The number of ether oxygens (including phenoxy) is 1. The fraction of sp³-hybridized carbons (Fsp3) is 0.471. The fourth-order valence-corrected chi connectivity index (χ4v) is 2.70. The number of benzene rings is 1. The Morgan fingerprint density at radius 2 is 2.14 bits per heavy atom. The molecule has 1 aromatic rings. The van der Waals surface area contributed by atoms with Crippen LogP contribution in [0.15, 0.2) is 34.8 Å². The Morgan fingerprint density at radius 3 is 2.71 bits per heavy atom. The maximum absolute atomic E-state index is 12.1. The van der Waals surface area contributed by atoms with Gasteiger partial charge in [0.05, 0.1) is 6.10 Å². The van der Waals surface area contributed by atoms with Crippen LogP contribution in [0.4, 0.5) is 0 Å². The number of hydrogen-bond acceptors (Lipinski definition) is 2. The number of carbonyl (C=O) groups excluding carboxylic acids is 1. The van der Waals surface area contributed by atoms with Crippen LogP contribution in [-0.2, 0) is 9.53 Å². The molecule has 0 spiro atoms. The minimum atomic E-state index is -0.0443. The molecule has 1 unspecified atom stereocenters. The van der Waals surface area contributed by atoms with E-state index in [1.54, 1.807) is 6.08 Å². The van der Waals surface area contributed by atoms with Crippen LogP contribution in [0.2, 0.25) is 0 Å². The quantitative estimate of drug-likeness (QED) is 0.819. The average molecular weight is 352 g/mol. The third-order valence-corrected chi connectivity index (χ3v) is 4.14. The van der Waals surface area contributed by atoms with Gasteiger partial charge in [0.25, 0.3) is 0 Å². The van der Waals surface area contributed by atoms with Crippen LogP contribution in [0.5, 0.6) is 0 Å². The van der Waals surface area contributed by atoms with E-state index in [-0.39, 0.29) is 12.0 Å². The molecule has 1 aliphatic heterocycles. The van der Waals surface area contributed by atoms with Crippen LogP contribution in [0.3, 0.4) is 0 Å². The molecule has 0 bridgehead atoms. The summed E-state index contributed by atoms with van der Waals surface area (Å²) < 4.78 is 6.55. The monoisotopic (exact) mass is 351 g/mol. The van der Waals surface area contributed by atoms with Crippen LogP contribution in [0, 0.1) is 5.92 Å². The summed E-state index contributed by atoms with van der Waals surface area (Å²) in [7, 11) is 0. The van der Waals surface area contributed by atoms with E-state index >= 15 is 0 Å². The molecular formula is C17H22BrNO2. The lowest BCUT2D eigenvalue weighted by Gasteiger charge is -2.13. The Labute approximate surface area is 134 Å². The Morgan fingerprint density at radius 1 is 1.43 bits per heavy atom. The normalized spacial score (nSPS) is 19.0. The third kappa shape index (κ3) is 4.97. The highest BCUT2D eigenvalue weighted by Gasteiger charge is 2.16. The molecule has 1 atom stereocenters. The summed E-state index contributed by atoms with van der Waals surface area (Å²) in [6, 6.07) is 8.05. The van der Waals surface area contributed by atoms with Crippen molar-refractivity contribution in [1.82, 2.24) is 5.32 Å². The van der Waals surface area contributed by atoms with Crippen LogP contribution in [-0.4, -0.2) is 25.2 Å². The number of nitrogens with one attached hydrogen (secondary N) is 1. The fourth-order valence-electron chi connectivity index (χ4n) is 2.44. The van der Waals surface area contributed by atoms with Crippen molar-refractivity contribution < 1.29 is 9.53 Å². The van der Waals surface area contributed by atoms with Gasteiger partial charge in [0.1, 0.15) is 0 Å². The summed E-state index contributed by atoms with van der Waals surface area (Å²) in [6.07, 6.45) is 4.01. The molecule has 0 saturated carbocycles. The lowest BCUT2D eigenvalue weighted by molar-refractivity contribution is -0.116. The standard InChI is InChI=1S/C17H22BrNO2/c1-12(2)16(13-5-7-14(18)8-6-13)10-17(20)19-11-15-4-3-9-21-15/h5-8,10,12,15H,3-4,9,11H2,1-2H3,(H,19,20)/b16-10+. The average Bonchev–Trinajstić information content (AvgIpc) is 2.97. The number of carbonyl (C=O) groups is 1. The van der Waals surface area contributed by atoms with E-state index in [0.29, 0.717) is 12.5 Å². The maximum atomic E-state index is 12.1. The molecule has 1 fully saturated rings. The minimum Gasteiger partial charge on any atom is -0.376 e. The van der Waals surface area contributed by atoms with E-state index < -0.39 is 0 Å². The number of rotatable bonds is 5. The highest BCUT2D eigenvalue weighted by molar-refractivity contribution is 9.10. The smallest absolute Gasteiger partial charge is 0.244 e. The van der Waals surface area contributed by atoms with E-state index in [4.69, 9.17) is 4.74 Å². The zero-order chi connectivity index (χ0) is 15.2. The molecule has 114 valence electrons. The lowest BCUT2D eigenvalue weighted by Crippen LogP contribution is -2.30. The Balaban J connectivity index is 2.02. The second kappa shape index (κ2) is 7.76. The SMILES string of the molecule is CC(C)/C(=C\C(=O)NCC1CCCO1)c1ccc(Br)cc1. The van der Waals surface area contributed by atoms with Crippen molar-refractivity contribution in [1.29, 1.82) is 0 Å². The summed E-state index contributed by atoms with van der Waals surface area (Å²) in [6.45, 7) is 5.61. The summed E-state index contributed by atoms with van der Waals surface area (Å²) in [5.41, 5.74) is 2.13. The van der Waals surface area contributed by atoms with Crippen molar-refractivity contribution in [2.24, 2.45) is 5.92 Å². The predicted molar refractivity (Wildman–Crippen MR) is 88.9 cm³/mol. The molecule has 1 saturated heterocycles. The first-order valence-corrected chi connectivity index (χ1v) is 8.22. The van der Waals surface area contributed by atoms with Gasteiger partial charge in [-0.05, 0) is 42.0 Å². The first-order chi connectivity index (χ1) is 10.1. The van der Waals surface area contributed by atoms with Gasteiger partial charge >= 0.3 is 0 Å². The first-order valence-electron chi connectivity index (χ1n) is 7.43. The zero-order valence-electron chi connectivity index (χ0n) is 12.6. The van der Waals surface area contributed by atoms with Gasteiger partial charge in [0.15, 0.2) is 0 Å². The molecule has 0 radical (unpaired) electrons. The van der Waals surface area contributed by atoms with Crippen LogP contribution in [0.1, 0.15) is 32.3 Å². The molecule has 3 nitrogen and oxygen atoms in total. The van der Waals surface area contributed by atoms with Gasteiger partial charge in [0, 0.05) is 23.7 Å². The van der Waals surface area contributed by atoms with Crippen LogP contribution >= 0.6 is 15.9 Å². The number of halogens is 1. The van der Waals surface area contributed by atoms with Gasteiger partial charge in [0.2, 0.25) is 5.91 Å². The van der Waals surface area contributed by atoms with Crippen molar-refractivity contribution in [3.63, 3.8) is 0 Å². The molecule has 1 aliphatic rings. The van der Waals surface area contributed by atoms with Crippen molar-refractivity contribution in [2.45, 2.75) is 32.8 Å². The lowest BCUT2D eigenvalue weighted by atomic mass is 9.95. The van der Waals surface area contributed by atoms with Gasteiger partial charge in [-0.2, -0.15) is 0 Å². The van der Waals surface area contributed by atoms with Crippen molar-refractivity contribution in [3.8, 4) is 0 Å². The molecule has 21 heavy (non-hydrogen) atoms. The maximum Gasteiger partial charge on any atom is 0.244 e. The topological polar surface area (TPSA) is 38.3 Å². The van der Waals surface area contributed by atoms with E-state index in [1.165, 1.54) is 0 Å². The van der Waals surface area contributed by atoms with Crippen molar-refractivity contribution in [2.75, 3.05) is 13.2 Å². The van der Waals surface area contributed by atoms with Gasteiger partial charge in [-0.25, -0.2) is 0 Å². The van der Waals surface area contributed by atoms with E-state index in [2.05, 4.69) is 35.1 Å². The van der Waals surface area contributed by atoms with E-state index in [0.717, 1.165) is 35.1 Å². The molecule has 0 aliphatic carbocycles. The summed E-state index contributed by atoms with van der Waals surface area (Å²) in [5, 5.41) is 2.94. The van der Waals surface area contributed by atoms with Gasteiger partial charge in [-0.3, -0.25) is 4.79 Å². The van der Waals surface area contributed by atoms with Gasteiger partial charge < -0.3 is 10.1 Å². The number of amides is 1. The van der Waals surface area contributed by atoms with Crippen molar-refractivity contribution in [3.05, 3.63) is 40.4 Å². The summed E-state index contributed by atoms with van der Waals surface area (Å²) >= 11 is 3.43. The molecule has 1 amide bonds. The highest BCUT2D eigenvalue weighted by Crippen LogP contribution is 2.24. The second-order valence-electron chi connectivity index (χ2n) is 5.64. The Hall–Kier alpha value is -1.13. The summed E-state index contributed by atoms with van der Waals surface area (Å²) in [4.78, 5) is 12.1. The molecule has 1 N–H and O–H groups in total. The molecule has 0 aromatic heterocycles. The Bertz CT molecular complexity index is 502. The predicted octanol–water partition coefficient (Wildman–Crippen LogP) is 3.78. The first kappa shape index (κ1) is 16.2. The highest BCUT2D eigenvalue weighted by atomic mass is 79.9. The third-order valence-electron chi connectivity index (χ3n) is 3.61. The largest absolute Gasteiger partial charge is 0.376 e. The van der Waals surface area contributed by atoms with Crippen molar-refractivity contribution >= 4 is 27.4 Å². The van der Waals surface area contributed by atoms with Crippen LogP contribution < -0.4 is 5.32 Å². The second-order valence-corrected chi connectivity index (χ2v) is 6.56. The molecule has 1 aromatic carbocycles. The number of hydrogen-bond donors (Lipinski definition) is 1. The Kier molecular flexibility index (Phi) is 6.00. The molecule has 4 heteroatoms. The van der Waals surface area contributed by atoms with Crippen LogP contribution in [0.25, 0.3) is 5.57 Å². The van der Waals surface area contributed by atoms with Gasteiger partial charge in [-0.1, -0.05) is 41.9 Å². The van der Waals surface area contributed by atoms with E-state index in [1.807, 2.05) is 24.3 Å². The zero-order valence-corrected chi connectivity index (χ0v) is 14.2. The van der Waals surface area contributed by atoms with E-state index in [9.17, 15) is 4.79 Å². The van der Waals surface area contributed by atoms with Gasteiger partial charge in [-0.15, -0.1) is 0 Å². The number of allylic oxidation sites excluding steroid dienone is 1. The summed E-state index contributed by atoms with van der Waals surface area (Å²) in [5.74, 6) is 0.247.